The second-order valence-electron chi connectivity index (χ2n) is 7.09. The number of hydrogen-bond donors (Lipinski definition) is 0. The fourth-order valence-electron chi connectivity index (χ4n) is 3.71. The van der Waals surface area contributed by atoms with Crippen molar-refractivity contribution in [2.24, 2.45) is 5.41 Å². The fraction of sp³-hybridized carbons (Fsp3) is 0.556. The van der Waals surface area contributed by atoms with Gasteiger partial charge in [0.1, 0.15) is 5.82 Å². The van der Waals surface area contributed by atoms with E-state index in [0.29, 0.717) is 19.5 Å². The largest absolute Gasteiger partial charge is 0.478 e. The van der Waals surface area contributed by atoms with Crippen LogP contribution in [0.5, 0.6) is 5.75 Å². The first-order valence-corrected chi connectivity index (χ1v) is 8.44. The molecule has 1 atom stereocenters. The summed E-state index contributed by atoms with van der Waals surface area (Å²) in [5.41, 5.74) is -0.0320. The molecule has 2 aliphatic heterocycles. The van der Waals surface area contributed by atoms with Crippen LogP contribution >= 0.6 is 0 Å². The van der Waals surface area contributed by atoms with E-state index >= 15 is 0 Å². The Morgan fingerprint density at radius 3 is 2.52 bits per heavy atom. The third-order valence-corrected chi connectivity index (χ3v) is 5.21. The molecule has 0 saturated carbocycles. The Kier molecular flexibility index (Phi) is 4.67. The lowest BCUT2D eigenvalue weighted by atomic mass is 9.77. The summed E-state index contributed by atoms with van der Waals surface area (Å²) >= 11 is 0. The Morgan fingerprint density at radius 1 is 1.28 bits per heavy atom. The van der Waals surface area contributed by atoms with Gasteiger partial charge in [0, 0.05) is 44.6 Å². The highest BCUT2D eigenvalue weighted by molar-refractivity contribution is 5.81. The molecule has 0 N–H and O–H groups in total. The van der Waals surface area contributed by atoms with Crippen LogP contribution in [0.1, 0.15) is 26.2 Å². The third-order valence-electron chi connectivity index (χ3n) is 5.21. The quantitative estimate of drug-likeness (QED) is 0.838. The van der Waals surface area contributed by atoms with Crippen LogP contribution in [0.25, 0.3) is 0 Å². The van der Waals surface area contributed by atoms with E-state index in [0.717, 1.165) is 31.5 Å². The monoisotopic (exact) mass is 352 g/mol. The van der Waals surface area contributed by atoms with E-state index in [4.69, 9.17) is 4.74 Å². The van der Waals surface area contributed by atoms with Crippen molar-refractivity contribution in [3.05, 3.63) is 29.8 Å². The predicted molar refractivity (Wildman–Crippen MR) is 86.9 cm³/mol. The summed E-state index contributed by atoms with van der Waals surface area (Å²) in [4.78, 5) is 27.8. The number of carbonyl (C=O) groups excluding carboxylic acids is 2. The summed E-state index contributed by atoms with van der Waals surface area (Å²) in [7, 11) is 1.81. The lowest BCUT2D eigenvalue weighted by Gasteiger charge is -2.39. The molecule has 2 aliphatic rings. The number of halogens is 2. The van der Waals surface area contributed by atoms with Crippen LogP contribution in [-0.4, -0.2) is 54.4 Å². The van der Waals surface area contributed by atoms with Gasteiger partial charge in [-0.2, -0.15) is 0 Å². The molecule has 1 aromatic rings. The average Bonchev–Trinajstić information content (AvgIpc) is 2.84. The second-order valence-corrected chi connectivity index (χ2v) is 7.09. The van der Waals surface area contributed by atoms with Gasteiger partial charge in [-0.15, -0.1) is 0 Å². The number of nitrogens with zero attached hydrogens (tertiary/aromatic N) is 2. The van der Waals surface area contributed by atoms with Crippen LogP contribution in [0.15, 0.2) is 18.2 Å². The average molecular weight is 352 g/mol. The van der Waals surface area contributed by atoms with Gasteiger partial charge in [0.05, 0.1) is 0 Å². The number of ether oxygens (including phenoxy) is 1. The Morgan fingerprint density at radius 2 is 1.96 bits per heavy atom. The molecule has 0 aromatic heterocycles. The van der Waals surface area contributed by atoms with Crippen molar-refractivity contribution in [1.82, 2.24) is 9.80 Å². The minimum absolute atomic E-state index is 0.0320. The zero-order chi connectivity index (χ0) is 18.2. The van der Waals surface area contributed by atoms with E-state index in [-0.39, 0.29) is 23.0 Å². The Hall–Kier alpha value is -2.18. The zero-order valence-electron chi connectivity index (χ0n) is 14.4. The number of amides is 2. The smallest absolute Gasteiger partial charge is 0.263 e. The van der Waals surface area contributed by atoms with Crippen molar-refractivity contribution >= 4 is 11.8 Å². The molecule has 0 unspecified atom stereocenters. The van der Waals surface area contributed by atoms with Gasteiger partial charge in [-0.05, 0) is 31.9 Å². The van der Waals surface area contributed by atoms with E-state index in [2.05, 4.69) is 0 Å². The number of rotatable bonds is 3. The van der Waals surface area contributed by atoms with E-state index < -0.39 is 17.7 Å². The molecule has 0 radical (unpaired) electrons. The van der Waals surface area contributed by atoms with Crippen molar-refractivity contribution in [3.63, 3.8) is 0 Å². The number of hydrogen-bond acceptors (Lipinski definition) is 3. The van der Waals surface area contributed by atoms with Gasteiger partial charge in [0.15, 0.2) is 17.7 Å². The molecule has 0 bridgehead atoms. The molecule has 3 rings (SSSR count). The van der Waals surface area contributed by atoms with Crippen molar-refractivity contribution in [3.8, 4) is 5.75 Å². The van der Waals surface area contributed by atoms with Crippen molar-refractivity contribution in [2.45, 2.75) is 32.3 Å². The molecule has 136 valence electrons. The van der Waals surface area contributed by atoms with Gasteiger partial charge in [0.25, 0.3) is 5.91 Å². The maximum atomic E-state index is 13.7. The maximum Gasteiger partial charge on any atom is 0.263 e. The molecule has 2 fully saturated rings. The number of benzene rings is 1. The molecule has 0 aliphatic carbocycles. The summed E-state index contributed by atoms with van der Waals surface area (Å²) in [5, 5.41) is 0. The van der Waals surface area contributed by atoms with Gasteiger partial charge < -0.3 is 14.5 Å². The molecular weight excluding hydrogens is 330 g/mol. The molecule has 2 amide bonds. The van der Waals surface area contributed by atoms with Crippen molar-refractivity contribution in [2.75, 3.05) is 26.7 Å². The van der Waals surface area contributed by atoms with E-state index in [9.17, 15) is 18.4 Å². The molecule has 2 heterocycles. The molecular formula is C18H22F2N2O3. The number of piperidine rings is 1. The van der Waals surface area contributed by atoms with Crippen LogP contribution < -0.4 is 4.74 Å². The minimum atomic E-state index is -0.859. The first-order chi connectivity index (χ1) is 11.8. The topological polar surface area (TPSA) is 49.9 Å². The summed E-state index contributed by atoms with van der Waals surface area (Å²) in [5.74, 6) is -1.73. The van der Waals surface area contributed by atoms with Crippen molar-refractivity contribution in [1.29, 1.82) is 0 Å². The SMILES string of the molecule is C[C@@H](Oc1ccc(F)cc1F)C(=O)N1CCC2(CC1)CC(=O)N(C)C2. The molecule has 7 heteroatoms. The summed E-state index contributed by atoms with van der Waals surface area (Å²) < 4.78 is 32.0. The molecule has 2 saturated heterocycles. The molecule has 5 nitrogen and oxygen atoms in total. The Balaban J connectivity index is 1.58. The van der Waals surface area contributed by atoms with E-state index in [1.165, 1.54) is 6.07 Å². The second kappa shape index (κ2) is 6.61. The number of carbonyl (C=O) groups is 2. The van der Waals surface area contributed by atoms with Gasteiger partial charge >= 0.3 is 0 Å². The van der Waals surface area contributed by atoms with Gasteiger partial charge in [-0.3, -0.25) is 9.59 Å². The fourth-order valence-corrected chi connectivity index (χ4v) is 3.71. The maximum absolute atomic E-state index is 13.7. The number of likely N-dealkylation sites (tertiary alicyclic amines) is 2. The Labute approximate surface area is 145 Å². The first-order valence-electron chi connectivity index (χ1n) is 8.44. The molecule has 25 heavy (non-hydrogen) atoms. The standard InChI is InChI=1S/C18H22F2N2O3/c1-12(25-15-4-3-13(19)9-14(15)20)17(24)22-7-5-18(6-8-22)10-16(23)21(2)11-18/h3-4,9,12H,5-8,10-11H2,1-2H3/t12-/m1/s1. The lowest BCUT2D eigenvalue weighted by Crippen LogP contribution is -2.48. The lowest BCUT2D eigenvalue weighted by molar-refractivity contribution is -0.140. The molecule has 1 spiro atoms. The van der Waals surface area contributed by atoms with Crippen molar-refractivity contribution < 1.29 is 23.1 Å². The van der Waals surface area contributed by atoms with Crippen LogP contribution in [0, 0.1) is 17.0 Å². The third kappa shape index (κ3) is 3.60. The normalized spacial score (nSPS) is 20.9. The zero-order valence-corrected chi connectivity index (χ0v) is 14.4. The predicted octanol–water partition coefficient (Wildman–Crippen LogP) is 2.20. The summed E-state index contributed by atoms with van der Waals surface area (Å²) in [6.45, 7) is 3.40. The summed E-state index contributed by atoms with van der Waals surface area (Å²) in [6.07, 6.45) is 1.22. The van der Waals surface area contributed by atoms with Crippen LogP contribution in [-0.2, 0) is 9.59 Å². The molecule has 1 aromatic carbocycles. The van der Waals surface area contributed by atoms with Crippen LogP contribution in [0.2, 0.25) is 0 Å². The van der Waals surface area contributed by atoms with E-state index in [1.54, 1.807) is 16.7 Å². The highest BCUT2D eigenvalue weighted by Crippen LogP contribution is 2.40. The first kappa shape index (κ1) is 17.6. The van der Waals surface area contributed by atoms with Crippen LogP contribution in [0.4, 0.5) is 8.78 Å². The van der Waals surface area contributed by atoms with Gasteiger partial charge in [0.2, 0.25) is 5.91 Å². The highest BCUT2D eigenvalue weighted by Gasteiger charge is 2.44. The summed E-state index contributed by atoms with van der Waals surface area (Å²) in [6, 6.07) is 3.00. The van der Waals surface area contributed by atoms with Gasteiger partial charge in [-0.25, -0.2) is 8.78 Å². The minimum Gasteiger partial charge on any atom is -0.478 e. The highest BCUT2D eigenvalue weighted by atomic mass is 19.1. The van der Waals surface area contributed by atoms with E-state index in [1.807, 2.05) is 7.05 Å². The van der Waals surface area contributed by atoms with Gasteiger partial charge in [-0.1, -0.05) is 0 Å². The Bertz CT molecular complexity index is 687. The van der Waals surface area contributed by atoms with Crippen LogP contribution in [0.3, 0.4) is 0 Å².